The number of aromatic nitrogens is 3. The molecule has 0 spiro atoms. The van der Waals surface area contributed by atoms with E-state index in [0.717, 1.165) is 54.0 Å². The predicted molar refractivity (Wildman–Crippen MR) is 98.4 cm³/mol. The molecule has 3 aromatic rings. The summed E-state index contributed by atoms with van der Waals surface area (Å²) in [5, 5.41) is 0. The van der Waals surface area contributed by atoms with Gasteiger partial charge in [0.25, 0.3) is 0 Å². The van der Waals surface area contributed by atoms with E-state index >= 15 is 0 Å². The molecule has 134 valence electrons. The van der Waals surface area contributed by atoms with Crippen LogP contribution in [0.15, 0.2) is 47.1 Å². The monoisotopic (exact) mass is 350 g/mol. The lowest BCUT2D eigenvalue weighted by Gasteiger charge is -2.23. The molecule has 1 aliphatic heterocycles. The molecule has 6 heteroatoms. The first-order chi connectivity index (χ1) is 12.7. The highest BCUT2D eigenvalue weighted by Crippen LogP contribution is 2.35. The zero-order valence-corrected chi connectivity index (χ0v) is 15.1. The normalized spacial score (nSPS) is 16.8. The van der Waals surface area contributed by atoms with Gasteiger partial charge in [0.1, 0.15) is 29.2 Å². The molecule has 6 nitrogen and oxygen atoms in total. The lowest BCUT2D eigenvalue weighted by atomic mass is 10.1. The van der Waals surface area contributed by atoms with E-state index in [4.69, 9.17) is 9.15 Å². The molecule has 1 saturated heterocycles. The van der Waals surface area contributed by atoms with Gasteiger partial charge in [0.05, 0.1) is 13.3 Å². The van der Waals surface area contributed by atoms with Crippen LogP contribution in [0.1, 0.15) is 41.9 Å². The maximum Gasteiger partial charge on any atom is 0.217 e. The molecule has 1 aromatic carbocycles. The molecular weight excluding hydrogens is 328 g/mol. The first-order valence-electron chi connectivity index (χ1n) is 8.87. The molecule has 4 rings (SSSR count). The average Bonchev–Trinajstić information content (AvgIpc) is 3.31. The minimum Gasteiger partial charge on any atom is -0.497 e. The van der Waals surface area contributed by atoms with E-state index in [1.54, 1.807) is 13.3 Å². The fourth-order valence-electron chi connectivity index (χ4n) is 3.44. The van der Waals surface area contributed by atoms with Gasteiger partial charge in [-0.1, -0.05) is 12.1 Å². The summed E-state index contributed by atoms with van der Waals surface area (Å²) in [4.78, 5) is 15.6. The number of aryl methyl sites for hydroxylation is 1. The number of benzene rings is 1. The topological polar surface area (TPSA) is 64.3 Å². The van der Waals surface area contributed by atoms with Crippen LogP contribution in [0.25, 0.3) is 0 Å². The van der Waals surface area contributed by atoms with Crippen LogP contribution >= 0.6 is 0 Å². The van der Waals surface area contributed by atoms with Crippen molar-refractivity contribution in [3.63, 3.8) is 0 Å². The molecular formula is C20H22N4O2. The molecule has 1 aliphatic rings. The summed E-state index contributed by atoms with van der Waals surface area (Å²) in [6.07, 6.45) is 6.44. The van der Waals surface area contributed by atoms with Crippen molar-refractivity contribution in [1.29, 1.82) is 0 Å². The fraction of sp³-hybridized carbons (Fsp3) is 0.350. The van der Waals surface area contributed by atoms with Crippen molar-refractivity contribution < 1.29 is 9.15 Å². The third-order valence-corrected chi connectivity index (χ3v) is 4.68. The Morgan fingerprint density at radius 2 is 2.19 bits per heavy atom. The van der Waals surface area contributed by atoms with Crippen LogP contribution in [-0.2, 0) is 6.42 Å². The van der Waals surface area contributed by atoms with Crippen molar-refractivity contribution in [3.8, 4) is 5.75 Å². The molecule has 0 bridgehead atoms. The summed E-state index contributed by atoms with van der Waals surface area (Å²) in [5.74, 6) is 4.19. The Morgan fingerprint density at radius 1 is 1.27 bits per heavy atom. The minimum atomic E-state index is 0.128. The Bertz CT molecular complexity index is 893. The van der Waals surface area contributed by atoms with Crippen molar-refractivity contribution in [2.45, 2.75) is 32.2 Å². The van der Waals surface area contributed by atoms with Crippen molar-refractivity contribution in [3.05, 3.63) is 65.8 Å². The van der Waals surface area contributed by atoms with Gasteiger partial charge >= 0.3 is 0 Å². The van der Waals surface area contributed by atoms with Gasteiger partial charge in [0, 0.05) is 19.2 Å². The molecule has 0 amide bonds. The molecule has 0 N–H and O–H groups in total. The SMILES string of the molecule is COc1cccc(Cc2cnc(C3CCCN3c3ccnc(C)n3)o2)c1. The van der Waals surface area contributed by atoms with Gasteiger partial charge in [-0.25, -0.2) is 15.0 Å². The van der Waals surface area contributed by atoms with E-state index in [0.29, 0.717) is 6.42 Å². The minimum absolute atomic E-state index is 0.128. The quantitative estimate of drug-likeness (QED) is 0.699. The van der Waals surface area contributed by atoms with Gasteiger partial charge in [-0.2, -0.15) is 0 Å². The average molecular weight is 350 g/mol. The lowest BCUT2D eigenvalue weighted by molar-refractivity contribution is 0.413. The third-order valence-electron chi connectivity index (χ3n) is 4.68. The number of ether oxygens (including phenoxy) is 1. The van der Waals surface area contributed by atoms with Gasteiger partial charge in [0.2, 0.25) is 5.89 Å². The number of anilines is 1. The van der Waals surface area contributed by atoms with Gasteiger partial charge in [-0.15, -0.1) is 0 Å². The first kappa shape index (κ1) is 16.6. The molecule has 0 radical (unpaired) electrons. The van der Waals surface area contributed by atoms with E-state index in [-0.39, 0.29) is 6.04 Å². The van der Waals surface area contributed by atoms with Crippen LogP contribution in [0.2, 0.25) is 0 Å². The number of nitrogens with zero attached hydrogens (tertiary/aromatic N) is 4. The molecule has 1 atom stereocenters. The maximum absolute atomic E-state index is 6.09. The van der Waals surface area contributed by atoms with Crippen LogP contribution in [0, 0.1) is 6.92 Å². The summed E-state index contributed by atoms with van der Waals surface area (Å²) in [5.41, 5.74) is 1.14. The molecule has 0 aliphatic carbocycles. The molecule has 1 fully saturated rings. The lowest BCUT2D eigenvalue weighted by Crippen LogP contribution is -2.24. The molecule has 1 unspecified atom stereocenters. The van der Waals surface area contributed by atoms with E-state index in [2.05, 4.69) is 25.9 Å². The van der Waals surface area contributed by atoms with Crippen LogP contribution in [-0.4, -0.2) is 28.6 Å². The third kappa shape index (κ3) is 3.40. The first-order valence-corrected chi connectivity index (χ1v) is 8.87. The van der Waals surface area contributed by atoms with Crippen LogP contribution < -0.4 is 9.64 Å². The van der Waals surface area contributed by atoms with Crippen LogP contribution in [0.3, 0.4) is 0 Å². The highest BCUT2D eigenvalue weighted by molar-refractivity contribution is 5.41. The Labute approximate surface area is 152 Å². The van der Waals surface area contributed by atoms with Gasteiger partial charge in [-0.05, 0) is 43.5 Å². The molecule has 0 saturated carbocycles. The van der Waals surface area contributed by atoms with E-state index in [1.165, 1.54) is 0 Å². The standard InChI is InChI=1S/C20H22N4O2/c1-14-21-9-8-19(23-14)24-10-4-7-18(24)20-22-13-17(26-20)12-15-5-3-6-16(11-15)25-2/h3,5-6,8-9,11,13,18H,4,7,10,12H2,1-2H3. The second-order valence-corrected chi connectivity index (χ2v) is 6.51. The molecule has 3 heterocycles. The van der Waals surface area contributed by atoms with E-state index in [1.807, 2.05) is 37.4 Å². The Balaban J connectivity index is 1.53. The fourth-order valence-corrected chi connectivity index (χ4v) is 3.44. The zero-order valence-electron chi connectivity index (χ0n) is 15.1. The largest absolute Gasteiger partial charge is 0.497 e. The second-order valence-electron chi connectivity index (χ2n) is 6.51. The summed E-state index contributed by atoms with van der Waals surface area (Å²) in [7, 11) is 1.68. The highest BCUT2D eigenvalue weighted by atomic mass is 16.5. The predicted octanol–water partition coefficient (Wildman–Crippen LogP) is 3.71. The summed E-state index contributed by atoms with van der Waals surface area (Å²) in [6, 6.07) is 10.1. The Kier molecular flexibility index (Phi) is 4.56. The number of hydrogen-bond donors (Lipinski definition) is 0. The number of hydrogen-bond acceptors (Lipinski definition) is 6. The van der Waals surface area contributed by atoms with Gasteiger partial charge in [-0.3, -0.25) is 0 Å². The van der Waals surface area contributed by atoms with Gasteiger partial charge < -0.3 is 14.1 Å². The van der Waals surface area contributed by atoms with Gasteiger partial charge in [0.15, 0.2) is 0 Å². The summed E-state index contributed by atoms with van der Waals surface area (Å²) >= 11 is 0. The maximum atomic E-state index is 6.09. The summed E-state index contributed by atoms with van der Waals surface area (Å²) in [6.45, 7) is 2.86. The molecule has 2 aromatic heterocycles. The van der Waals surface area contributed by atoms with Crippen molar-refractivity contribution in [2.75, 3.05) is 18.6 Å². The number of methoxy groups -OCH3 is 1. The van der Waals surface area contributed by atoms with Crippen molar-refractivity contribution >= 4 is 5.82 Å². The Morgan fingerprint density at radius 3 is 3.04 bits per heavy atom. The van der Waals surface area contributed by atoms with E-state index in [9.17, 15) is 0 Å². The van der Waals surface area contributed by atoms with Crippen LogP contribution in [0.5, 0.6) is 5.75 Å². The Hall–Kier alpha value is -2.89. The second kappa shape index (κ2) is 7.15. The highest BCUT2D eigenvalue weighted by Gasteiger charge is 2.31. The van der Waals surface area contributed by atoms with E-state index < -0.39 is 0 Å². The molecule has 26 heavy (non-hydrogen) atoms. The number of rotatable bonds is 5. The summed E-state index contributed by atoms with van der Waals surface area (Å²) < 4.78 is 11.4. The smallest absolute Gasteiger partial charge is 0.217 e. The van der Waals surface area contributed by atoms with Crippen LogP contribution in [0.4, 0.5) is 5.82 Å². The zero-order chi connectivity index (χ0) is 17.9. The van der Waals surface area contributed by atoms with Crippen molar-refractivity contribution in [2.24, 2.45) is 0 Å². The van der Waals surface area contributed by atoms with Crippen molar-refractivity contribution in [1.82, 2.24) is 15.0 Å². The number of oxazole rings is 1.